The van der Waals surface area contributed by atoms with Crippen LogP contribution in [-0.4, -0.2) is 30.3 Å². The number of carbonyl (C=O) groups excluding carboxylic acids is 3. The summed E-state index contributed by atoms with van der Waals surface area (Å²) in [6.45, 7) is 0.693. The second-order valence-electron chi connectivity index (χ2n) is 7.44. The normalized spacial score (nSPS) is 28.9. The van der Waals surface area contributed by atoms with Gasteiger partial charge in [-0.3, -0.25) is 14.4 Å². The summed E-state index contributed by atoms with van der Waals surface area (Å²) in [5.74, 6) is 1.18. The smallest absolute Gasteiger partial charge is 0.254 e. The molecule has 3 N–H and O–H groups in total. The van der Waals surface area contributed by atoms with Gasteiger partial charge in [-0.15, -0.1) is 0 Å². The van der Waals surface area contributed by atoms with Gasteiger partial charge in [-0.25, -0.2) is 0 Å². The largest absolute Gasteiger partial charge is 0.356 e. The number of carbonyl (C=O) groups is 3. The molecule has 2 aliphatic carbocycles. The van der Waals surface area contributed by atoms with Gasteiger partial charge in [0, 0.05) is 13.0 Å². The lowest BCUT2D eigenvalue weighted by Gasteiger charge is -2.19. The minimum absolute atomic E-state index is 0.0689. The highest BCUT2D eigenvalue weighted by Crippen LogP contribution is 2.42. The molecule has 4 atom stereocenters. The third-order valence-corrected chi connectivity index (χ3v) is 5.69. The van der Waals surface area contributed by atoms with Crippen LogP contribution in [0, 0.1) is 17.8 Å². The first-order valence-electron chi connectivity index (χ1n) is 9.26. The second-order valence-corrected chi connectivity index (χ2v) is 7.44. The maximum Gasteiger partial charge on any atom is 0.254 e. The molecule has 0 aromatic heterocycles. The van der Waals surface area contributed by atoms with Gasteiger partial charge in [0.25, 0.3) is 5.91 Å². The molecule has 0 radical (unpaired) electrons. The van der Waals surface area contributed by atoms with E-state index < -0.39 is 6.04 Å². The number of fused-ring (bicyclic) bond motifs is 3. The predicted octanol–water partition coefficient (Wildman–Crippen LogP) is 1.85. The Bertz CT molecular complexity index is 773. The molecule has 3 aliphatic rings. The van der Waals surface area contributed by atoms with E-state index in [2.05, 4.69) is 28.1 Å². The van der Waals surface area contributed by atoms with Crippen molar-refractivity contribution in [2.75, 3.05) is 11.9 Å². The van der Waals surface area contributed by atoms with Crippen LogP contribution >= 0.6 is 0 Å². The first-order chi connectivity index (χ1) is 12.6. The van der Waals surface area contributed by atoms with Crippen molar-refractivity contribution in [1.29, 1.82) is 0 Å². The Hall–Kier alpha value is -2.63. The van der Waals surface area contributed by atoms with Gasteiger partial charge in [-0.05, 0) is 49.1 Å². The van der Waals surface area contributed by atoms with E-state index >= 15 is 0 Å². The van der Waals surface area contributed by atoms with Crippen LogP contribution in [-0.2, 0) is 9.59 Å². The molecule has 1 heterocycles. The van der Waals surface area contributed by atoms with Crippen molar-refractivity contribution in [2.45, 2.75) is 31.7 Å². The number of amides is 3. The molecule has 136 valence electrons. The fraction of sp³-hybridized carbons (Fsp3) is 0.450. The number of para-hydroxylation sites is 1. The van der Waals surface area contributed by atoms with Gasteiger partial charge in [0.15, 0.2) is 0 Å². The Kier molecular flexibility index (Phi) is 4.49. The molecule has 1 aromatic carbocycles. The van der Waals surface area contributed by atoms with E-state index in [1.54, 1.807) is 24.3 Å². The minimum atomic E-state index is -0.703. The van der Waals surface area contributed by atoms with Gasteiger partial charge in [-0.1, -0.05) is 24.3 Å². The SMILES string of the molecule is O=C(CC[C@H]1NC(=O)c2ccccc2NC1=O)NC[C@@H]1C[C@H]2C=C[C@H]1C2. The van der Waals surface area contributed by atoms with Crippen LogP contribution in [0.2, 0.25) is 0 Å². The molecule has 0 unspecified atom stereocenters. The average Bonchev–Trinajstić information content (AvgIpc) is 3.23. The number of anilines is 1. The zero-order chi connectivity index (χ0) is 18.1. The van der Waals surface area contributed by atoms with Crippen molar-refractivity contribution >= 4 is 23.4 Å². The molecule has 6 nitrogen and oxygen atoms in total. The molecule has 3 amide bonds. The Morgan fingerprint density at radius 1 is 1.15 bits per heavy atom. The van der Waals surface area contributed by atoms with E-state index in [0.29, 0.717) is 35.5 Å². The first kappa shape index (κ1) is 16.8. The molecule has 26 heavy (non-hydrogen) atoms. The van der Waals surface area contributed by atoms with E-state index in [-0.39, 0.29) is 30.6 Å². The summed E-state index contributed by atoms with van der Waals surface area (Å²) in [5.41, 5.74) is 0.948. The van der Waals surface area contributed by atoms with Crippen molar-refractivity contribution in [1.82, 2.24) is 10.6 Å². The lowest BCUT2D eigenvalue weighted by atomic mass is 9.93. The van der Waals surface area contributed by atoms with E-state index in [1.165, 1.54) is 6.42 Å². The summed E-state index contributed by atoms with van der Waals surface area (Å²) in [7, 11) is 0. The summed E-state index contributed by atoms with van der Waals surface area (Å²) in [5, 5.41) is 8.47. The van der Waals surface area contributed by atoms with Crippen molar-refractivity contribution in [3.8, 4) is 0 Å². The molecule has 4 rings (SSSR count). The van der Waals surface area contributed by atoms with Crippen LogP contribution in [0.5, 0.6) is 0 Å². The topological polar surface area (TPSA) is 87.3 Å². The van der Waals surface area contributed by atoms with Crippen LogP contribution in [0.3, 0.4) is 0 Å². The second kappa shape index (κ2) is 6.94. The predicted molar refractivity (Wildman–Crippen MR) is 97.4 cm³/mol. The summed E-state index contributed by atoms with van der Waals surface area (Å²) in [6.07, 6.45) is 7.43. The van der Waals surface area contributed by atoms with Crippen molar-refractivity contribution in [3.63, 3.8) is 0 Å². The van der Waals surface area contributed by atoms with Crippen LogP contribution in [0.1, 0.15) is 36.0 Å². The highest BCUT2D eigenvalue weighted by molar-refractivity contribution is 6.09. The van der Waals surface area contributed by atoms with Gasteiger partial charge in [0.05, 0.1) is 11.3 Å². The van der Waals surface area contributed by atoms with Crippen LogP contribution in [0.4, 0.5) is 5.69 Å². The van der Waals surface area contributed by atoms with E-state index in [1.807, 2.05) is 0 Å². The number of benzene rings is 1. The minimum Gasteiger partial charge on any atom is -0.356 e. The molecule has 1 aliphatic heterocycles. The fourth-order valence-corrected chi connectivity index (χ4v) is 4.25. The average molecular weight is 353 g/mol. The van der Waals surface area contributed by atoms with Crippen molar-refractivity contribution in [3.05, 3.63) is 42.0 Å². The Morgan fingerprint density at radius 2 is 2.00 bits per heavy atom. The maximum absolute atomic E-state index is 12.3. The molecule has 1 aromatic rings. The van der Waals surface area contributed by atoms with Gasteiger partial charge in [-0.2, -0.15) is 0 Å². The molecule has 2 bridgehead atoms. The number of hydrogen-bond donors (Lipinski definition) is 3. The van der Waals surface area contributed by atoms with E-state index in [9.17, 15) is 14.4 Å². The van der Waals surface area contributed by atoms with Crippen LogP contribution in [0.25, 0.3) is 0 Å². The quantitative estimate of drug-likeness (QED) is 0.706. The van der Waals surface area contributed by atoms with E-state index in [0.717, 1.165) is 6.42 Å². The van der Waals surface area contributed by atoms with Gasteiger partial charge < -0.3 is 16.0 Å². The summed E-state index contributed by atoms with van der Waals surface area (Å²) < 4.78 is 0. The summed E-state index contributed by atoms with van der Waals surface area (Å²) in [4.78, 5) is 36.8. The summed E-state index contributed by atoms with van der Waals surface area (Å²) in [6, 6.07) is 6.19. The van der Waals surface area contributed by atoms with Gasteiger partial charge in [0.1, 0.15) is 6.04 Å². The molecule has 0 spiro atoms. The highest BCUT2D eigenvalue weighted by Gasteiger charge is 2.35. The third kappa shape index (κ3) is 3.36. The van der Waals surface area contributed by atoms with Crippen molar-refractivity contribution in [2.24, 2.45) is 17.8 Å². The first-order valence-corrected chi connectivity index (χ1v) is 9.26. The highest BCUT2D eigenvalue weighted by atomic mass is 16.2. The molecular weight excluding hydrogens is 330 g/mol. The van der Waals surface area contributed by atoms with E-state index in [4.69, 9.17) is 0 Å². The molecule has 0 saturated heterocycles. The van der Waals surface area contributed by atoms with Gasteiger partial charge >= 0.3 is 0 Å². The number of nitrogens with one attached hydrogen (secondary N) is 3. The Balaban J connectivity index is 1.27. The number of allylic oxidation sites excluding steroid dienone is 2. The Labute approximate surface area is 152 Å². The van der Waals surface area contributed by atoms with Crippen LogP contribution < -0.4 is 16.0 Å². The fourth-order valence-electron chi connectivity index (χ4n) is 4.25. The molecule has 1 saturated carbocycles. The van der Waals surface area contributed by atoms with Crippen molar-refractivity contribution < 1.29 is 14.4 Å². The standard InChI is InChI=1S/C20H23N3O3/c24-18(21-11-14-10-12-5-6-13(14)9-12)8-7-17-20(26)22-16-4-2-1-3-15(16)19(25)23-17/h1-6,12-14,17H,7-11H2,(H,21,24)(H,22,26)(H,23,25)/t12-,13-,14-,17+/m0/s1. The number of hydrogen-bond acceptors (Lipinski definition) is 3. The molecule has 6 heteroatoms. The maximum atomic E-state index is 12.3. The summed E-state index contributed by atoms with van der Waals surface area (Å²) >= 11 is 0. The van der Waals surface area contributed by atoms with Gasteiger partial charge in [0.2, 0.25) is 11.8 Å². The number of rotatable bonds is 5. The third-order valence-electron chi connectivity index (χ3n) is 5.69. The zero-order valence-electron chi connectivity index (χ0n) is 14.5. The monoisotopic (exact) mass is 353 g/mol. The Morgan fingerprint density at radius 3 is 2.77 bits per heavy atom. The lowest BCUT2D eigenvalue weighted by molar-refractivity contribution is -0.122. The lowest BCUT2D eigenvalue weighted by Crippen LogP contribution is -2.42. The zero-order valence-corrected chi connectivity index (χ0v) is 14.5. The molecular formula is C20H23N3O3. The molecule has 1 fully saturated rings. The van der Waals surface area contributed by atoms with Crippen LogP contribution in [0.15, 0.2) is 36.4 Å².